The molecule has 75 heavy (non-hydrogen) atoms. The van der Waals surface area contributed by atoms with Gasteiger partial charge in [0.2, 0.25) is 0 Å². The lowest BCUT2D eigenvalue weighted by molar-refractivity contribution is -0.346. The van der Waals surface area contributed by atoms with E-state index in [1.54, 1.807) is 27.2 Å². The first-order chi connectivity index (χ1) is 35.7. The monoisotopic (exact) mass is 1060 g/mol. The number of hydrogen-bond acceptors (Lipinski definition) is 18. The zero-order valence-electron chi connectivity index (χ0n) is 45.4. The van der Waals surface area contributed by atoms with Crippen molar-refractivity contribution in [1.82, 2.24) is 0 Å². The molecule has 4 saturated heterocycles. The van der Waals surface area contributed by atoms with E-state index in [2.05, 4.69) is 13.0 Å². The van der Waals surface area contributed by atoms with Gasteiger partial charge in [-0.25, -0.2) is 4.79 Å². The SMILES string of the molecule is COC1CC(OC2C(O)CC(OC3C(C)OC(OC4C(C)OC(OC5CCC6(C)C(=CCC7(O)C6CC(OC(=O)C=Cc6ccccc6)C6(C)C(C(C)=O)CCC76O)C5)CC4OC)CC3OC)OC2C)OC(C)C1O. The Morgan fingerprint density at radius 1 is 0.680 bits per heavy atom. The highest BCUT2D eigenvalue weighted by Crippen LogP contribution is 2.70. The van der Waals surface area contributed by atoms with E-state index in [1.807, 2.05) is 58.0 Å². The first-order valence-corrected chi connectivity index (χ1v) is 27.4. The molecule has 0 radical (unpaired) electrons. The van der Waals surface area contributed by atoms with E-state index < -0.39 is 144 Å². The number of fused-ring (bicyclic) bond motifs is 5. The minimum atomic E-state index is -1.69. The summed E-state index contributed by atoms with van der Waals surface area (Å²) in [5.74, 6) is -1.70. The van der Waals surface area contributed by atoms with E-state index in [-0.39, 0.29) is 31.1 Å². The third-order valence-electron chi connectivity index (χ3n) is 19.1. The third-order valence-corrected chi connectivity index (χ3v) is 19.1. The molecule has 8 aliphatic rings. The number of aliphatic hydroxyl groups is 4. The first-order valence-electron chi connectivity index (χ1n) is 27.4. The number of esters is 1. The number of carbonyl (C=O) groups excluding carboxylic acids is 2. The lowest BCUT2D eigenvalue weighted by Gasteiger charge is -2.66. The van der Waals surface area contributed by atoms with Crippen LogP contribution in [-0.4, -0.2) is 175 Å². The van der Waals surface area contributed by atoms with Crippen molar-refractivity contribution in [2.75, 3.05) is 21.3 Å². The van der Waals surface area contributed by atoms with Crippen LogP contribution >= 0.6 is 0 Å². The molecule has 0 bridgehead atoms. The van der Waals surface area contributed by atoms with Crippen LogP contribution in [0.1, 0.15) is 125 Å². The Balaban J connectivity index is 0.798. The number of Topliss-reactive ketones (excluding diaryl/α,β-unsaturated/α-hetero) is 1. The predicted molar refractivity (Wildman–Crippen MR) is 269 cm³/mol. The van der Waals surface area contributed by atoms with Crippen LogP contribution in [0.2, 0.25) is 0 Å². The Hall–Kier alpha value is -2.76. The summed E-state index contributed by atoms with van der Waals surface area (Å²) in [7, 11) is 4.80. The van der Waals surface area contributed by atoms with Gasteiger partial charge in [0.05, 0.1) is 54.9 Å². The van der Waals surface area contributed by atoms with Gasteiger partial charge >= 0.3 is 5.97 Å². The van der Waals surface area contributed by atoms with Gasteiger partial charge in [0.1, 0.15) is 47.5 Å². The molecule has 24 unspecified atom stereocenters. The maximum Gasteiger partial charge on any atom is 0.331 e. The molecule has 9 rings (SSSR count). The van der Waals surface area contributed by atoms with Gasteiger partial charge < -0.3 is 77.3 Å². The van der Waals surface area contributed by atoms with Gasteiger partial charge in [0, 0.05) is 70.3 Å². The standard InChI is InChI=1S/C57H84O18/c1-30(58)38-20-23-57(63)55(38,7)44(72-45(60)17-16-35-14-12-11-13-15-35)29-43-54(6)21-19-37(24-36(54)18-22-56(43,57)62)71-47-27-41(65-9)53(33(4)69-47)75-49-28-42(66-10)52(34(5)70-49)74-46-25-39(59)51(32(3)68-46)73-48-26-40(64-8)50(61)31(2)67-48/h11-18,31-34,37-44,46-53,59,61-63H,19-29H2,1-10H3. The normalized spacial score (nSPS) is 48.1. The fourth-order valence-electron chi connectivity index (χ4n) is 14.8. The Bertz CT molecular complexity index is 2180. The fourth-order valence-corrected chi connectivity index (χ4v) is 14.8. The fraction of sp³-hybridized carbons (Fsp3) is 0.789. The van der Waals surface area contributed by atoms with Crippen LogP contribution in [0.3, 0.4) is 0 Å². The van der Waals surface area contributed by atoms with Gasteiger partial charge in [-0.15, -0.1) is 0 Å². The Labute approximate surface area is 441 Å². The molecule has 4 aliphatic carbocycles. The molecule has 1 aromatic rings. The van der Waals surface area contributed by atoms with Crippen LogP contribution in [-0.2, 0) is 66.4 Å². The zero-order chi connectivity index (χ0) is 53.8. The highest BCUT2D eigenvalue weighted by atomic mass is 16.8. The van der Waals surface area contributed by atoms with Crippen molar-refractivity contribution < 1.29 is 86.9 Å². The molecule has 24 atom stereocenters. The van der Waals surface area contributed by atoms with Crippen LogP contribution < -0.4 is 0 Å². The van der Waals surface area contributed by atoms with Crippen LogP contribution in [0.25, 0.3) is 6.08 Å². The molecule has 0 aromatic heterocycles. The topological polar surface area (TPSA) is 226 Å². The molecule has 420 valence electrons. The second-order valence-electron chi connectivity index (χ2n) is 23.3. The van der Waals surface area contributed by atoms with Crippen molar-refractivity contribution >= 4 is 17.8 Å². The highest BCUT2D eigenvalue weighted by Gasteiger charge is 2.77. The molecule has 4 aliphatic heterocycles. The summed E-state index contributed by atoms with van der Waals surface area (Å²) in [6, 6.07) is 9.46. The van der Waals surface area contributed by atoms with Gasteiger partial charge in [0.15, 0.2) is 25.2 Å². The Morgan fingerprint density at radius 3 is 1.81 bits per heavy atom. The summed E-state index contributed by atoms with van der Waals surface area (Å²) >= 11 is 0. The molecule has 18 nitrogen and oxygen atoms in total. The van der Waals surface area contributed by atoms with E-state index in [0.29, 0.717) is 51.4 Å². The number of ether oxygens (including phenoxy) is 12. The second kappa shape index (κ2) is 22.8. The summed E-state index contributed by atoms with van der Waals surface area (Å²) in [6.07, 6.45) is -1.03. The van der Waals surface area contributed by atoms with Gasteiger partial charge in [0.25, 0.3) is 0 Å². The van der Waals surface area contributed by atoms with Gasteiger partial charge in [-0.1, -0.05) is 55.8 Å². The maximum absolute atomic E-state index is 13.6. The van der Waals surface area contributed by atoms with Crippen molar-refractivity contribution in [2.24, 2.45) is 22.7 Å². The zero-order valence-corrected chi connectivity index (χ0v) is 45.4. The highest BCUT2D eigenvalue weighted by molar-refractivity contribution is 5.87. The average molecular weight is 1060 g/mol. The van der Waals surface area contributed by atoms with Crippen molar-refractivity contribution in [3.05, 3.63) is 53.6 Å². The van der Waals surface area contributed by atoms with E-state index in [0.717, 1.165) is 11.1 Å². The first kappa shape index (κ1) is 56.9. The molecule has 3 saturated carbocycles. The molecule has 7 fully saturated rings. The maximum atomic E-state index is 13.6. The molecular formula is C57H84O18. The molecule has 1 aromatic carbocycles. The third kappa shape index (κ3) is 10.8. The molecule has 4 heterocycles. The summed E-state index contributed by atoms with van der Waals surface area (Å²) < 4.78 is 75.0. The van der Waals surface area contributed by atoms with Crippen LogP contribution in [0, 0.1) is 22.7 Å². The second-order valence-corrected chi connectivity index (χ2v) is 23.3. The van der Waals surface area contributed by atoms with E-state index in [9.17, 15) is 30.0 Å². The molecule has 0 amide bonds. The number of carbonyl (C=O) groups is 2. The minimum absolute atomic E-state index is 0.0903. The molecular weight excluding hydrogens is 973 g/mol. The number of rotatable bonds is 15. The Kier molecular flexibility index (Phi) is 17.3. The number of methoxy groups -OCH3 is 3. The van der Waals surface area contributed by atoms with Gasteiger partial charge in [-0.05, 0) is 96.6 Å². The average Bonchev–Trinajstić information content (AvgIpc) is 3.75. The van der Waals surface area contributed by atoms with Crippen LogP contribution in [0.4, 0.5) is 0 Å². The van der Waals surface area contributed by atoms with Gasteiger partial charge in [-0.3, -0.25) is 4.79 Å². The minimum Gasteiger partial charge on any atom is -0.458 e. The summed E-state index contributed by atoms with van der Waals surface area (Å²) in [4.78, 5) is 26.9. The molecule has 4 N–H and O–H groups in total. The van der Waals surface area contributed by atoms with Crippen LogP contribution in [0.5, 0.6) is 0 Å². The van der Waals surface area contributed by atoms with Crippen molar-refractivity contribution in [3.63, 3.8) is 0 Å². The van der Waals surface area contributed by atoms with Crippen molar-refractivity contribution in [2.45, 2.75) is 241 Å². The predicted octanol–water partition coefficient (Wildman–Crippen LogP) is 5.47. The smallest absolute Gasteiger partial charge is 0.331 e. The Morgan fingerprint density at radius 2 is 1.23 bits per heavy atom. The summed E-state index contributed by atoms with van der Waals surface area (Å²) in [5, 5.41) is 47.6. The lowest BCUT2D eigenvalue weighted by atomic mass is 9.43. The largest absolute Gasteiger partial charge is 0.458 e. The number of ketones is 1. The lowest BCUT2D eigenvalue weighted by Crippen LogP contribution is -2.75. The number of benzene rings is 1. The summed E-state index contributed by atoms with van der Waals surface area (Å²) in [5.41, 5.74) is -3.03. The molecule has 18 heteroatoms. The van der Waals surface area contributed by atoms with E-state index >= 15 is 0 Å². The number of hydrogen-bond donors (Lipinski definition) is 4. The molecule has 0 spiro atoms. The van der Waals surface area contributed by atoms with Crippen molar-refractivity contribution in [1.29, 1.82) is 0 Å². The van der Waals surface area contributed by atoms with E-state index in [4.69, 9.17) is 56.8 Å². The summed E-state index contributed by atoms with van der Waals surface area (Å²) in [6.45, 7) is 12.9. The van der Waals surface area contributed by atoms with Crippen molar-refractivity contribution in [3.8, 4) is 0 Å². The number of aliphatic hydroxyl groups excluding tert-OH is 2. The quantitative estimate of drug-likeness (QED) is 0.0971. The van der Waals surface area contributed by atoms with Crippen LogP contribution in [0.15, 0.2) is 48.1 Å². The van der Waals surface area contributed by atoms with Gasteiger partial charge in [-0.2, -0.15) is 0 Å². The van der Waals surface area contributed by atoms with E-state index in [1.165, 1.54) is 20.1 Å².